The monoisotopic (exact) mass is 333 g/mol. The second-order valence-electron chi connectivity index (χ2n) is 4.63. The zero-order valence-electron chi connectivity index (χ0n) is 12.5. The summed E-state index contributed by atoms with van der Waals surface area (Å²) in [6.45, 7) is -0.652. The Balaban J connectivity index is 1.94. The lowest BCUT2D eigenvalue weighted by molar-refractivity contribution is -0.150. The largest absolute Gasteiger partial charge is 0.480 e. The molecule has 2 aromatic carbocycles. The van der Waals surface area contributed by atoms with Crippen molar-refractivity contribution in [2.24, 2.45) is 0 Å². The predicted molar refractivity (Wildman–Crippen MR) is 87.4 cm³/mol. The minimum Gasteiger partial charge on any atom is -0.480 e. The van der Waals surface area contributed by atoms with Gasteiger partial charge in [0.2, 0.25) is 0 Å². The van der Waals surface area contributed by atoms with Crippen molar-refractivity contribution in [2.75, 3.05) is 20.3 Å². The molecule has 1 amide bonds. The molecule has 2 rings (SSSR count). The highest BCUT2D eigenvalue weighted by molar-refractivity contribution is 6.32. The van der Waals surface area contributed by atoms with Crippen LogP contribution >= 0.6 is 11.6 Å². The number of likely N-dealkylation sites (N-methyl/N-ethyl adjacent to an activating group) is 1. The van der Waals surface area contributed by atoms with Crippen LogP contribution in [-0.4, -0.2) is 32.1 Å². The lowest BCUT2D eigenvalue weighted by Crippen LogP contribution is -2.26. The van der Waals surface area contributed by atoms with Crippen molar-refractivity contribution < 1.29 is 19.1 Å². The molecule has 6 heteroatoms. The maximum atomic E-state index is 11.5. The summed E-state index contributed by atoms with van der Waals surface area (Å²) < 4.78 is 10.0. The summed E-state index contributed by atoms with van der Waals surface area (Å²) >= 11 is 6.17. The molecule has 0 radical (unpaired) electrons. The summed E-state index contributed by atoms with van der Waals surface area (Å²) in [5.41, 5.74) is 1.98. The van der Waals surface area contributed by atoms with E-state index in [0.717, 1.165) is 11.1 Å². The molecular weight excluding hydrogens is 318 g/mol. The Kier molecular flexibility index (Phi) is 6.00. The number of halogens is 1. The third-order valence-electron chi connectivity index (χ3n) is 3.03. The van der Waals surface area contributed by atoms with E-state index >= 15 is 0 Å². The summed E-state index contributed by atoms with van der Waals surface area (Å²) in [6.07, 6.45) is 0. The summed E-state index contributed by atoms with van der Waals surface area (Å²) in [5, 5.41) is 2.74. The molecule has 0 saturated carbocycles. The molecule has 0 spiro atoms. The molecule has 1 N–H and O–H groups in total. The third-order valence-corrected chi connectivity index (χ3v) is 3.32. The van der Waals surface area contributed by atoms with Gasteiger partial charge in [0, 0.05) is 7.05 Å². The smallest absolute Gasteiger partial charge is 0.344 e. The van der Waals surface area contributed by atoms with Crippen LogP contribution in [-0.2, 0) is 14.3 Å². The van der Waals surface area contributed by atoms with Gasteiger partial charge in [-0.25, -0.2) is 4.79 Å². The van der Waals surface area contributed by atoms with Gasteiger partial charge in [0.05, 0.1) is 5.02 Å². The van der Waals surface area contributed by atoms with E-state index in [1.807, 2.05) is 36.4 Å². The van der Waals surface area contributed by atoms with Crippen molar-refractivity contribution in [3.8, 4) is 16.9 Å². The highest BCUT2D eigenvalue weighted by atomic mass is 35.5. The minimum absolute atomic E-state index is 0.318. The Morgan fingerprint density at radius 2 is 1.78 bits per heavy atom. The van der Waals surface area contributed by atoms with Gasteiger partial charge in [0.15, 0.2) is 13.2 Å². The van der Waals surface area contributed by atoms with Crippen LogP contribution in [0.4, 0.5) is 0 Å². The van der Waals surface area contributed by atoms with Crippen molar-refractivity contribution in [3.63, 3.8) is 0 Å². The van der Waals surface area contributed by atoms with E-state index in [9.17, 15) is 9.59 Å². The van der Waals surface area contributed by atoms with Crippen molar-refractivity contribution in [1.82, 2.24) is 5.32 Å². The van der Waals surface area contributed by atoms with Crippen molar-refractivity contribution in [1.29, 1.82) is 0 Å². The number of rotatable bonds is 6. The second-order valence-corrected chi connectivity index (χ2v) is 5.04. The number of carbonyl (C=O) groups is 2. The van der Waals surface area contributed by atoms with E-state index in [0.29, 0.717) is 10.8 Å². The van der Waals surface area contributed by atoms with Crippen LogP contribution in [0.25, 0.3) is 11.1 Å². The molecule has 5 nitrogen and oxygen atoms in total. The predicted octanol–water partition coefficient (Wildman–Crippen LogP) is 2.68. The van der Waals surface area contributed by atoms with E-state index in [1.165, 1.54) is 7.05 Å². The molecular formula is C17H16ClNO4. The summed E-state index contributed by atoms with van der Waals surface area (Å²) in [6, 6.07) is 15.1. The van der Waals surface area contributed by atoms with Crippen molar-refractivity contribution in [3.05, 3.63) is 53.6 Å². The molecule has 23 heavy (non-hydrogen) atoms. The van der Waals surface area contributed by atoms with Crippen LogP contribution in [0.3, 0.4) is 0 Å². The first-order chi connectivity index (χ1) is 11.1. The van der Waals surface area contributed by atoms with Gasteiger partial charge in [0.1, 0.15) is 5.75 Å². The van der Waals surface area contributed by atoms with E-state index < -0.39 is 5.97 Å². The maximum Gasteiger partial charge on any atom is 0.344 e. The molecule has 0 aromatic heterocycles. The fraction of sp³-hybridized carbons (Fsp3) is 0.176. The SMILES string of the molecule is CNC(=O)COC(=O)COc1ccc(-c2ccccc2)cc1Cl. The molecule has 2 aromatic rings. The Labute approximate surface area is 139 Å². The highest BCUT2D eigenvalue weighted by Crippen LogP contribution is 2.30. The highest BCUT2D eigenvalue weighted by Gasteiger charge is 2.10. The van der Waals surface area contributed by atoms with E-state index in [2.05, 4.69) is 5.32 Å². The number of benzene rings is 2. The number of hydrogen-bond acceptors (Lipinski definition) is 4. The van der Waals surface area contributed by atoms with Gasteiger partial charge < -0.3 is 14.8 Å². The Morgan fingerprint density at radius 3 is 2.43 bits per heavy atom. The normalized spacial score (nSPS) is 10.0. The zero-order chi connectivity index (χ0) is 16.7. The molecule has 0 saturated heterocycles. The average Bonchev–Trinajstić information content (AvgIpc) is 2.59. The fourth-order valence-electron chi connectivity index (χ4n) is 1.82. The topological polar surface area (TPSA) is 64.6 Å². The number of ether oxygens (including phenoxy) is 2. The third kappa shape index (κ3) is 5.00. The molecule has 0 aliphatic rings. The fourth-order valence-corrected chi connectivity index (χ4v) is 2.06. The van der Waals surface area contributed by atoms with Gasteiger partial charge in [-0.15, -0.1) is 0 Å². The molecule has 0 aliphatic heterocycles. The first-order valence-corrected chi connectivity index (χ1v) is 7.32. The first kappa shape index (κ1) is 16.8. The van der Waals surface area contributed by atoms with Crippen molar-refractivity contribution in [2.45, 2.75) is 0 Å². The molecule has 0 unspecified atom stereocenters. The van der Waals surface area contributed by atoms with Gasteiger partial charge >= 0.3 is 5.97 Å². The van der Waals surface area contributed by atoms with Crippen LogP contribution < -0.4 is 10.1 Å². The Bertz CT molecular complexity index is 688. The summed E-state index contributed by atoms with van der Waals surface area (Å²) in [5.74, 6) is -0.649. The van der Waals surface area contributed by atoms with E-state index in [-0.39, 0.29) is 19.1 Å². The number of carbonyl (C=O) groups excluding carboxylic acids is 2. The summed E-state index contributed by atoms with van der Waals surface area (Å²) in [7, 11) is 1.46. The minimum atomic E-state index is -0.642. The number of esters is 1. The first-order valence-electron chi connectivity index (χ1n) is 6.94. The maximum absolute atomic E-state index is 11.5. The second kappa shape index (κ2) is 8.19. The standard InChI is InChI=1S/C17H16ClNO4/c1-19-16(20)10-23-17(21)11-22-15-8-7-13(9-14(15)18)12-5-3-2-4-6-12/h2-9H,10-11H2,1H3,(H,19,20). The molecule has 0 fully saturated rings. The number of amides is 1. The molecule has 0 bridgehead atoms. The zero-order valence-corrected chi connectivity index (χ0v) is 13.3. The molecule has 0 heterocycles. The Morgan fingerprint density at radius 1 is 1.04 bits per heavy atom. The van der Waals surface area contributed by atoms with Gasteiger partial charge in [0.25, 0.3) is 5.91 Å². The molecule has 0 atom stereocenters. The van der Waals surface area contributed by atoms with Gasteiger partial charge in [-0.3, -0.25) is 4.79 Å². The van der Waals surface area contributed by atoms with Gasteiger partial charge in [-0.05, 0) is 23.3 Å². The van der Waals surface area contributed by atoms with Crippen LogP contribution in [0.1, 0.15) is 0 Å². The van der Waals surface area contributed by atoms with Crippen LogP contribution in [0, 0.1) is 0 Å². The van der Waals surface area contributed by atoms with Crippen molar-refractivity contribution >= 4 is 23.5 Å². The molecule has 120 valence electrons. The number of nitrogens with one attached hydrogen (secondary N) is 1. The van der Waals surface area contributed by atoms with Crippen LogP contribution in [0.2, 0.25) is 5.02 Å². The average molecular weight is 334 g/mol. The van der Waals surface area contributed by atoms with Gasteiger partial charge in [-0.2, -0.15) is 0 Å². The quantitative estimate of drug-likeness (QED) is 0.825. The van der Waals surface area contributed by atoms with E-state index in [4.69, 9.17) is 21.1 Å². The lowest BCUT2D eigenvalue weighted by atomic mass is 10.1. The Hall–Kier alpha value is -2.53. The summed E-state index contributed by atoms with van der Waals surface area (Å²) in [4.78, 5) is 22.4. The lowest BCUT2D eigenvalue weighted by Gasteiger charge is -2.09. The van der Waals surface area contributed by atoms with E-state index in [1.54, 1.807) is 12.1 Å². The van der Waals surface area contributed by atoms with Crippen LogP contribution in [0.5, 0.6) is 5.75 Å². The van der Waals surface area contributed by atoms with Crippen LogP contribution in [0.15, 0.2) is 48.5 Å². The van der Waals surface area contributed by atoms with Gasteiger partial charge in [-0.1, -0.05) is 48.0 Å². The molecule has 0 aliphatic carbocycles. The number of hydrogen-bond donors (Lipinski definition) is 1.